The average Bonchev–Trinajstić information content (AvgIpc) is 2.13. The molecule has 16 heavy (non-hydrogen) atoms. The smallest absolute Gasteiger partial charge is 0.157 e. The molecular formula is C11H24O5. The molecule has 98 valence electrons. The minimum atomic E-state index is -1.18. The topological polar surface area (TPSA) is 90.2 Å². The van der Waals surface area contributed by atoms with Crippen LogP contribution in [0.1, 0.15) is 40.0 Å². The van der Waals surface area contributed by atoms with E-state index >= 15 is 0 Å². The Morgan fingerprint density at radius 3 is 2.25 bits per heavy atom. The number of hydrogen-bond acceptors (Lipinski definition) is 5. The van der Waals surface area contributed by atoms with Gasteiger partial charge in [-0.25, -0.2) is 0 Å². The van der Waals surface area contributed by atoms with Crippen molar-refractivity contribution in [3.8, 4) is 0 Å². The van der Waals surface area contributed by atoms with E-state index in [2.05, 4.69) is 0 Å². The van der Waals surface area contributed by atoms with Gasteiger partial charge in [0.05, 0.1) is 24.4 Å². The van der Waals surface area contributed by atoms with Gasteiger partial charge in [-0.2, -0.15) is 0 Å². The van der Waals surface area contributed by atoms with Gasteiger partial charge in [0.1, 0.15) is 0 Å². The van der Waals surface area contributed by atoms with Crippen LogP contribution in [0.25, 0.3) is 0 Å². The van der Waals surface area contributed by atoms with Crippen LogP contribution in [0.2, 0.25) is 0 Å². The standard InChI is InChI=1S/C11H24O5/c1-8(2)16-10(14)6-9(13)4-5-11(3,15)7-12/h8-10,12-15H,4-7H2,1-3H3. The lowest BCUT2D eigenvalue weighted by Crippen LogP contribution is -2.31. The second-order valence-electron chi connectivity index (χ2n) is 4.72. The normalized spacial score (nSPS) is 19.5. The first kappa shape index (κ1) is 15.8. The van der Waals surface area contributed by atoms with Crippen LogP contribution >= 0.6 is 0 Å². The lowest BCUT2D eigenvalue weighted by molar-refractivity contribution is -0.143. The summed E-state index contributed by atoms with van der Waals surface area (Å²) in [7, 11) is 0. The fourth-order valence-corrected chi connectivity index (χ4v) is 1.28. The number of rotatable bonds is 8. The predicted molar refractivity (Wildman–Crippen MR) is 59.8 cm³/mol. The largest absolute Gasteiger partial charge is 0.393 e. The Morgan fingerprint density at radius 2 is 1.81 bits per heavy atom. The summed E-state index contributed by atoms with van der Waals surface area (Å²) in [5.41, 5.74) is -1.18. The van der Waals surface area contributed by atoms with E-state index < -0.39 is 18.0 Å². The van der Waals surface area contributed by atoms with Gasteiger partial charge >= 0.3 is 0 Å². The zero-order valence-corrected chi connectivity index (χ0v) is 10.3. The van der Waals surface area contributed by atoms with Crippen LogP contribution in [0.15, 0.2) is 0 Å². The quantitative estimate of drug-likeness (QED) is 0.446. The second-order valence-corrected chi connectivity index (χ2v) is 4.72. The average molecular weight is 236 g/mol. The number of ether oxygens (including phenoxy) is 1. The Kier molecular flexibility index (Phi) is 7.10. The monoisotopic (exact) mass is 236 g/mol. The lowest BCUT2D eigenvalue weighted by Gasteiger charge is -2.23. The van der Waals surface area contributed by atoms with E-state index in [9.17, 15) is 15.3 Å². The molecular weight excluding hydrogens is 212 g/mol. The van der Waals surface area contributed by atoms with Crippen LogP contribution in [0, 0.1) is 0 Å². The second kappa shape index (κ2) is 7.19. The van der Waals surface area contributed by atoms with Crippen molar-refractivity contribution in [3.63, 3.8) is 0 Å². The van der Waals surface area contributed by atoms with Crippen molar-refractivity contribution in [1.29, 1.82) is 0 Å². The first-order valence-electron chi connectivity index (χ1n) is 5.61. The van der Waals surface area contributed by atoms with Crippen molar-refractivity contribution in [2.24, 2.45) is 0 Å². The highest BCUT2D eigenvalue weighted by Gasteiger charge is 2.21. The molecule has 0 heterocycles. The van der Waals surface area contributed by atoms with E-state index in [1.807, 2.05) is 0 Å². The zero-order valence-electron chi connectivity index (χ0n) is 10.3. The third-order valence-corrected chi connectivity index (χ3v) is 2.26. The van der Waals surface area contributed by atoms with Gasteiger partial charge in [0.25, 0.3) is 0 Å². The summed E-state index contributed by atoms with van der Waals surface area (Å²) in [5.74, 6) is 0. The number of aliphatic hydroxyl groups is 4. The van der Waals surface area contributed by atoms with Gasteiger partial charge in [0.2, 0.25) is 0 Å². The summed E-state index contributed by atoms with van der Waals surface area (Å²) in [6.45, 7) is 4.75. The summed E-state index contributed by atoms with van der Waals surface area (Å²) >= 11 is 0. The fraction of sp³-hybridized carbons (Fsp3) is 1.00. The molecule has 0 rings (SSSR count). The molecule has 5 nitrogen and oxygen atoms in total. The molecule has 0 radical (unpaired) electrons. The molecule has 0 aromatic heterocycles. The van der Waals surface area contributed by atoms with Crippen molar-refractivity contribution < 1.29 is 25.2 Å². The molecule has 0 saturated carbocycles. The Hall–Kier alpha value is -0.200. The number of aliphatic hydroxyl groups excluding tert-OH is 3. The predicted octanol–water partition coefficient (Wildman–Crippen LogP) is 0.00430. The van der Waals surface area contributed by atoms with Gasteiger partial charge in [-0.3, -0.25) is 0 Å². The Morgan fingerprint density at radius 1 is 1.25 bits per heavy atom. The minimum absolute atomic E-state index is 0.0947. The first-order valence-corrected chi connectivity index (χ1v) is 5.61. The van der Waals surface area contributed by atoms with E-state index in [-0.39, 0.29) is 25.6 Å². The molecule has 0 aliphatic heterocycles. The molecule has 3 atom stereocenters. The van der Waals surface area contributed by atoms with Gasteiger partial charge in [0, 0.05) is 6.42 Å². The first-order chi connectivity index (χ1) is 7.26. The minimum Gasteiger partial charge on any atom is -0.393 e. The molecule has 0 amide bonds. The third-order valence-electron chi connectivity index (χ3n) is 2.26. The number of hydrogen-bond donors (Lipinski definition) is 4. The van der Waals surface area contributed by atoms with Gasteiger partial charge in [-0.15, -0.1) is 0 Å². The highest BCUT2D eigenvalue weighted by atomic mass is 16.6. The van der Waals surface area contributed by atoms with Gasteiger partial charge < -0.3 is 25.2 Å². The summed E-state index contributed by atoms with van der Waals surface area (Å²) in [6.07, 6.45) is -1.13. The lowest BCUT2D eigenvalue weighted by atomic mass is 9.98. The highest BCUT2D eigenvalue weighted by Crippen LogP contribution is 2.15. The Bertz CT molecular complexity index is 181. The maximum atomic E-state index is 9.56. The molecule has 0 fully saturated rings. The van der Waals surface area contributed by atoms with Crippen molar-refractivity contribution in [2.75, 3.05) is 6.61 Å². The molecule has 0 aromatic rings. The summed E-state index contributed by atoms with van der Waals surface area (Å²) < 4.78 is 5.06. The maximum Gasteiger partial charge on any atom is 0.157 e. The van der Waals surface area contributed by atoms with Gasteiger partial charge in [-0.05, 0) is 33.6 Å². The van der Waals surface area contributed by atoms with Gasteiger partial charge in [0.15, 0.2) is 6.29 Å². The molecule has 0 bridgehead atoms. The Labute approximate surface area is 96.7 Å². The van der Waals surface area contributed by atoms with Crippen LogP contribution in [0.5, 0.6) is 0 Å². The molecule has 0 aliphatic carbocycles. The summed E-state index contributed by atoms with van der Waals surface area (Å²) in [6, 6.07) is 0. The molecule has 0 spiro atoms. The van der Waals surface area contributed by atoms with Crippen molar-refractivity contribution >= 4 is 0 Å². The van der Waals surface area contributed by atoms with E-state index in [1.165, 1.54) is 6.92 Å². The molecule has 0 saturated heterocycles. The van der Waals surface area contributed by atoms with Crippen molar-refractivity contribution in [3.05, 3.63) is 0 Å². The van der Waals surface area contributed by atoms with Crippen LogP contribution in [-0.2, 0) is 4.74 Å². The highest BCUT2D eigenvalue weighted by molar-refractivity contribution is 4.73. The molecule has 0 aromatic carbocycles. The Balaban J connectivity index is 3.77. The third kappa shape index (κ3) is 8.01. The molecule has 3 unspecified atom stereocenters. The molecule has 4 N–H and O–H groups in total. The fourth-order valence-electron chi connectivity index (χ4n) is 1.28. The molecule has 5 heteroatoms. The SMILES string of the molecule is CC(C)OC(O)CC(O)CCC(C)(O)CO. The van der Waals surface area contributed by atoms with E-state index in [0.29, 0.717) is 6.42 Å². The van der Waals surface area contributed by atoms with Crippen molar-refractivity contribution in [2.45, 2.75) is 64.1 Å². The summed E-state index contributed by atoms with van der Waals surface area (Å²) in [4.78, 5) is 0. The van der Waals surface area contributed by atoms with E-state index in [1.54, 1.807) is 13.8 Å². The van der Waals surface area contributed by atoms with Crippen molar-refractivity contribution in [1.82, 2.24) is 0 Å². The maximum absolute atomic E-state index is 9.56. The van der Waals surface area contributed by atoms with Gasteiger partial charge in [-0.1, -0.05) is 0 Å². The van der Waals surface area contributed by atoms with E-state index in [4.69, 9.17) is 9.84 Å². The zero-order chi connectivity index (χ0) is 12.8. The van der Waals surface area contributed by atoms with E-state index in [0.717, 1.165) is 0 Å². The van der Waals surface area contributed by atoms with Crippen LogP contribution in [0.4, 0.5) is 0 Å². The molecule has 0 aliphatic rings. The van der Waals surface area contributed by atoms with Crippen LogP contribution < -0.4 is 0 Å². The summed E-state index contributed by atoms with van der Waals surface area (Å²) in [5, 5.41) is 37.2. The van der Waals surface area contributed by atoms with Crippen LogP contribution in [-0.4, -0.2) is 51.1 Å². The van der Waals surface area contributed by atoms with Crippen LogP contribution in [0.3, 0.4) is 0 Å².